The molecule has 0 fully saturated rings. The fourth-order valence-corrected chi connectivity index (χ4v) is 3.42. The molecule has 0 bridgehead atoms. The maximum absolute atomic E-state index is 12.7. The Labute approximate surface area is 180 Å². The average molecular weight is 420 g/mol. The summed E-state index contributed by atoms with van der Waals surface area (Å²) in [4.78, 5) is 12.7. The van der Waals surface area contributed by atoms with E-state index < -0.39 is 0 Å². The van der Waals surface area contributed by atoms with E-state index in [-0.39, 0.29) is 5.91 Å². The second kappa shape index (κ2) is 9.01. The number of fused-ring (bicyclic) bond motifs is 1. The number of carbonyl (C=O) groups excluding carboxylic acids is 1. The summed E-state index contributed by atoms with van der Waals surface area (Å²) in [6.45, 7) is 3.60. The van der Waals surface area contributed by atoms with Gasteiger partial charge in [-0.1, -0.05) is 41.9 Å². The SMILES string of the molecule is CCOc1cccc(CNC(=O)c2ccc3cnn(Cc4ccc(Cl)cc4)c3c2)c1. The highest BCUT2D eigenvalue weighted by Gasteiger charge is 2.10. The Morgan fingerprint density at radius 3 is 2.70 bits per heavy atom. The van der Waals surface area contributed by atoms with Crippen LogP contribution in [0.2, 0.25) is 5.02 Å². The molecule has 0 aliphatic heterocycles. The minimum atomic E-state index is -0.127. The highest BCUT2D eigenvalue weighted by atomic mass is 35.5. The number of nitrogens with one attached hydrogen (secondary N) is 1. The van der Waals surface area contributed by atoms with Gasteiger partial charge in [0.1, 0.15) is 5.75 Å². The first-order valence-corrected chi connectivity index (χ1v) is 10.2. The zero-order valence-electron chi connectivity index (χ0n) is 16.6. The molecule has 4 rings (SSSR count). The van der Waals surface area contributed by atoms with Crippen molar-refractivity contribution in [2.45, 2.75) is 20.0 Å². The summed E-state index contributed by atoms with van der Waals surface area (Å²) in [5, 5.41) is 9.14. The third kappa shape index (κ3) is 4.63. The number of nitrogens with zero attached hydrogens (tertiary/aromatic N) is 2. The van der Waals surface area contributed by atoms with E-state index in [1.54, 1.807) is 0 Å². The van der Waals surface area contributed by atoms with Gasteiger partial charge in [-0.2, -0.15) is 5.10 Å². The minimum Gasteiger partial charge on any atom is -0.494 e. The molecule has 0 aliphatic rings. The number of hydrogen-bond acceptors (Lipinski definition) is 3. The molecule has 1 heterocycles. The number of rotatable bonds is 7. The molecule has 0 saturated heterocycles. The lowest BCUT2D eigenvalue weighted by molar-refractivity contribution is 0.0951. The van der Waals surface area contributed by atoms with E-state index in [1.807, 2.05) is 84.5 Å². The summed E-state index contributed by atoms with van der Waals surface area (Å²) in [7, 11) is 0. The van der Waals surface area contributed by atoms with Gasteiger partial charge in [0.15, 0.2) is 0 Å². The van der Waals surface area contributed by atoms with Gasteiger partial charge >= 0.3 is 0 Å². The van der Waals surface area contributed by atoms with E-state index in [0.717, 1.165) is 27.8 Å². The Kier molecular flexibility index (Phi) is 6.00. The lowest BCUT2D eigenvalue weighted by Crippen LogP contribution is -2.22. The Morgan fingerprint density at radius 2 is 1.90 bits per heavy atom. The van der Waals surface area contributed by atoms with Gasteiger partial charge in [-0.3, -0.25) is 9.48 Å². The molecule has 0 radical (unpaired) electrons. The summed E-state index contributed by atoms with van der Waals surface area (Å²) in [5.41, 5.74) is 3.59. The van der Waals surface area contributed by atoms with Gasteiger partial charge in [-0.25, -0.2) is 0 Å². The van der Waals surface area contributed by atoms with Crippen LogP contribution in [0.1, 0.15) is 28.4 Å². The van der Waals surface area contributed by atoms with Crippen molar-refractivity contribution in [2.24, 2.45) is 0 Å². The zero-order valence-corrected chi connectivity index (χ0v) is 17.4. The number of halogens is 1. The van der Waals surface area contributed by atoms with Crippen molar-refractivity contribution in [3.63, 3.8) is 0 Å². The van der Waals surface area contributed by atoms with Crippen LogP contribution in [0.25, 0.3) is 10.9 Å². The largest absolute Gasteiger partial charge is 0.494 e. The monoisotopic (exact) mass is 419 g/mol. The molecule has 0 saturated carbocycles. The normalized spacial score (nSPS) is 10.9. The first-order valence-electron chi connectivity index (χ1n) is 9.82. The number of benzene rings is 3. The van der Waals surface area contributed by atoms with Gasteiger partial charge in [0.2, 0.25) is 0 Å². The fourth-order valence-electron chi connectivity index (χ4n) is 3.30. The van der Waals surface area contributed by atoms with Crippen molar-refractivity contribution in [2.75, 3.05) is 6.61 Å². The fraction of sp³-hybridized carbons (Fsp3) is 0.167. The Bertz CT molecular complexity index is 1170. The van der Waals surface area contributed by atoms with Crippen LogP contribution in [0, 0.1) is 0 Å². The van der Waals surface area contributed by atoms with E-state index >= 15 is 0 Å². The van der Waals surface area contributed by atoms with E-state index in [4.69, 9.17) is 16.3 Å². The van der Waals surface area contributed by atoms with E-state index in [9.17, 15) is 4.79 Å². The number of amides is 1. The first kappa shape index (κ1) is 20.0. The van der Waals surface area contributed by atoms with E-state index in [2.05, 4.69) is 10.4 Å². The summed E-state index contributed by atoms with van der Waals surface area (Å²) < 4.78 is 7.41. The second-order valence-electron chi connectivity index (χ2n) is 6.97. The first-order chi connectivity index (χ1) is 14.6. The minimum absolute atomic E-state index is 0.127. The molecular weight excluding hydrogens is 398 g/mol. The number of aromatic nitrogens is 2. The molecular formula is C24H22ClN3O2. The van der Waals surface area contributed by atoms with Crippen LogP contribution in [-0.2, 0) is 13.1 Å². The van der Waals surface area contributed by atoms with Crippen molar-refractivity contribution in [1.29, 1.82) is 0 Å². The topological polar surface area (TPSA) is 56.1 Å². The van der Waals surface area contributed by atoms with Gasteiger partial charge in [0.05, 0.1) is 24.9 Å². The quantitative estimate of drug-likeness (QED) is 0.455. The zero-order chi connectivity index (χ0) is 20.9. The molecule has 0 unspecified atom stereocenters. The van der Waals surface area contributed by atoms with Gasteiger partial charge in [-0.15, -0.1) is 0 Å². The van der Waals surface area contributed by atoms with Crippen molar-refractivity contribution >= 4 is 28.4 Å². The lowest BCUT2D eigenvalue weighted by Gasteiger charge is -2.09. The Hall–Kier alpha value is -3.31. The maximum Gasteiger partial charge on any atom is 0.251 e. The van der Waals surface area contributed by atoms with Gasteiger partial charge in [0.25, 0.3) is 5.91 Å². The molecule has 1 N–H and O–H groups in total. The molecule has 4 aromatic rings. The van der Waals surface area contributed by atoms with Crippen LogP contribution < -0.4 is 10.1 Å². The van der Waals surface area contributed by atoms with Crippen LogP contribution in [0.15, 0.2) is 72.9 Å². The van der Waals surface area contributed by atoms with E-state index in [1.165, 1.54) is 0 Å². The number of hydrogen-bond donors (Lipinski definition) is 1. The van der Waals surface area contributed by atoms with Gasteiger partial charge < -0.3 is 10.1 Å². The number of ether oxygens (including phenoxy) is 1. The molecule has 1 amide bonds. The van der Waals surface area contributed by atoms with Crippen molar-refractivity contribution in [3.8, 4) is 5.75 Å². The smallest absolute Gasteiger partial charge is 0.251 e. The summed E-state index contributed by atoms with van der Waals surface area (Å²) in [6.07, 6.45) is 1.81. The predicted octanol–water partition coefficient (Wildman–Crippen LogP) is 5.07. The third-order valence-electron chi connectivity index (χ3n) is 4.82. The summed E-state index contributed by atoms with van der Waals surface area (Å²) in [6, 6.07) is 21.0. The van der Waals surface area contributed by atoms with Crippen LogP contribution in [0.5, 0.6) is 5.75 Å². The standard InChI is InChI=1S/C24H22ClN3O2/c1-2-30-22-5-3-4-18(12-22)14-26-24(29)19-8-9-20-15-27-28(23(20)13-19)16-17-6-10-21(25)11-7-17/h3-13,15H,2,14,16H2,1H3,(H,26,29). The predicted molar refractivity (Wildman–Crippen MR) is 119 cm³/mol. The van der Waals surface area contributed by atoms with Crippen LogP contribution in [0.4, 0.5) is 0 Å². The summed E-state index contributed by atoms with van der Waals surface area (Å²) in [5.74, 6) is 0.676. The molecule has 0 spiro atoms. The van der Waals surface area contributed by atoms with Crippen molar-refractivity contribution in [1.82, 2.24) is 15.1 Å². The maximum atomic E-state index is 12.7. The van der Waals surface area contributed by atoms with Gasteiger partial charge in [0, 0.05) is 22.5 Å². The highest BCUT2D eigenvalue weighted by molar-refractivity contribution is 6.30. The van der Waals surface area contributed by atoms with Crippen molar-refractivity contribution < 1.29 is 9.53 Å². The van der Waals surface area contributed by atoms with Crippen molar-refractivity contribution in [3.05, 3.63) is 94.6 Å². The molecule has 6 heteroatoms. The van der Waals surface area contributed by atoms with E-state index in [0.29, 0.717) is 30.3 Å². The van der Waals surface area contributed by atoms with Crippen LogP contribution >= 0.6 is 11.6 Å². The molecule has 0 aliphatic carbocycles. The molecule has 5 nitrogen and oxygen atoms in total. The van der Waals surface area contributed by atoms with Crippen LogP contribution in [-0.4, -0.2) is 22.3 Å². The van der Waals surface area contributed by atoms with Crippen LogP contribution in [0.3, 0.4) is 0 Å². The molecule has 0 atom stereocenters. The Balaban J connectivity index is 1.49. The van der Waals surface area contributed by atoms with Gasteiger partial charge in [-0.05, 0) is 54.4 Å². The molecule has 30 heavy (non-hydrogen) atoms. The lowest BCUT2D eigenvalue weighted by atomic mass is 10.1. The second-order valence-corrected chi connectivity index (χ2v) is 7.40. The molecule has 3 aromatic carbocycles. The number of carbonyl (C=O) groups is 1. The Morgan fingerprint density at radius 1 is 1.07 bits per heavy atom. The summed E-state index contributed by atoms with van der Waals surface area (Å²) >= 11 is 5.97. The molecule has 1 aromatic heterocycles. The highest BCUT2D eigenvalue weighted by Crippen LogP contribution is 2.19. The average Bonchev–Trinajstić information content (AvgIpc) is 3.16. The third-order valence-corrected chi connectivity index (χ3v) is 5.07. The molecule has 152 valence electrons.